The zero-order valence-corrected chi connectivity index (χ0v) is 37.3. The molecule has 0 N–H and O–H groups in total. The predicted molar refractivity (Wildman–Crippen MR) is 227 cm³/mol. The number of hydrogen-bond donors (Lipinski definition) is 0. The van der Waals surface area contributed by atoms with Crippen LogP contribution in [0.15, 0.2) is 30.6 Å². The van der Waals surface area contributed by atoms with Gasteiger partial charge in [0.25, 0.3) is 0 Å². The Bertz CT molecular complexity index is 1910. The van der Waals surface area contributed by atoms with Gasteiger partial charge < -0.3 is 24.0 Å². The lowest BCUT2D eigenvalue weighted by molar-refractivity contribution is 0.00568. The van der Waals surface area contributed by atoms with Crippen molar-refractivity contribution in [2.45, 2.75) is 141 Å². The molecule has 0 radical (unpaired) electrons. The molecule has 3 atom stereocenters. The highest BCUT2D eigenvalue weighted by atomic mass is 32.1. The Morgan fingerprint density at radius 1 is 0.927 bits per heavy atom. The number of rotatable bonds is 14. The SMILES string of the molecule is CC(C)(C)OC(=O)N1C2CC[C@H]1CC(c1cc(N(COCC[Si](C)(C)C)COCC[Si](C)(C)C)n3ncc(-c4ccc(-c5nc6c(s5)CCC6)nc4)c3n1)C2. The molecule has 7 rings (SSSR count). The number of thiazole rings is 1. The van der Waals surface area contributed by atoms with Gasteiger partial charge in [-0.05, 0) is 83.9 Å². The molecule has 14 heteroatoms. The van der Waals surface area contributed by atoms with Gasteiger partial charge in [-0.1, -0.05) is 45.3 Å². The number of anilines is 1. The molecule has 2 unspecified atom stereocenters. The number of aryl methyl sites for hydroxylation is 2. The number of fused-ring (bicyclic) bond motifs is 4. The van der Waals surface area contributed by atoms with Gasteiger partial charge in [0.15, 0.2) is 5.65 Å². The Morgan fingerprint density at radius 2 is 1.60 bits per heavy atom. The van der Waals surface area contributed by atoms with Crippen LogP contribution < -0.4 is 4.90 Å². The highest BCUT2D eigenvalue weighted by Crippen LogP contribution is 2.44. The molecule has 1 aliphatic carbocycles. The van der Waals surface area contributed by atoms with Crippen molar-refractivity contribution in [3.63, 3.8) is 0 Å². The summed E-state index contributed by atoms with van der Waals surface area (Å²) in [7, 11) is -2.55. The Morgan fingerprint density at radius 3 is 2.18 bits per heavy atom. The largest absolute Gasteiger partial charge is 0.444 e. The lowest BCUT2D eigenvalue weighted by atomic mass is 9.88. The van der Waals surface area contributed by atoms with Crippen molar-refractivity contribution < 1.29 is 19.0 Å². The van der Waals surface area contributed by atoms with Gasteiger partial charge in [-0.15, -0.1) is 11.3 Å². The molecule has 55 heavy (non-hydrogen) atoms. The average molecular weight is 804 g/mol. The number of nitrogens with zero attached hydrogens (tertiary/aromatic N) is 7. The van der Waals surface area contributed by atoms with Gasteiger partial charge in [-0.25, -0.2) is 14.8 Å². The lowest BCUT2D eigenvalue weighted by Gasteiger charge is -2.39. The molecule has 1 amide bonds. The van der Waals surface area contributed by atoms with E-state index in [-0.39, 0.29) is 24.1 Å². The Labute approximate surface area is 333 Å². The third-order valence-electron chi connectivity index (χ3n) is 10.9. The fourth-order valence-corrected chi connectivity index (χ4v) is 10.5. The van der Waals surface area contributed by atoms with Crippen molar-refractivity contribution in [1.29, 1.82) is 0 Å². The Hall–Kier alpha value is -3.18. The van der Waals surface area contributed by atoms with Crippen LogP contribution in [0.3, 0.4) is 0 Å². The second-order valence-corrected chi connectivity index (χ2v) is 31.5. The maximum Gasteiger partial charge on any atom is 0.410 e. The topological polar surface area (TPSA) is 107 Å². The number of carbonyl (C=O) groups is 1. The van der Waals surface area contributed by atoms with Crippen LogP contribution in [-0.2, 0) is 27.1 Å². The minimum absolute atomic E-state index is 0.124. The Balaban J connectivity index is 1.23. The van der Waals surface area contributed by atoms with E-state index < -0.39 is 21.7 Å². The van der Waals surface area contributed by atoms with Crippen molar-refractivity contribution in [3.8, 4) is 21.8 Å². The minimum atomic E-state index is -1.28. The van der Waals surface area contributed by atoms with Crippen LogP contribution in [-0.4, -0.2) is 96.1 Å². The minimum Gasteiger partial charge on any atom is -0.444 e. The summed E-state index contributed by atoms with van der Waals surface area (Å²) < 4.78 is 20.6. The molecule has 3 aliphatic rings. The number of amides is 1. The maximum atomic E-state index is 13.4. The number of aromatic nitrogens is 5. The monoisotopic (exact) mass is 803 g/mol. The first-order valence-corrected chi connectivity index (χ1v) is 28.5. The normalized spacial score (nSPS) is 20.0. The summed E-state index contributed by atoms with van der Waals surface area (Å²) in [5.41, 5.74) is 5.30. The zero-order chi connectivity index (χ0) is 39.1. The molecule has 0 aromatic carbocycles. The number of hydrogen-bond acceptors (Lipinski definition) is 10. The van der Waals surface area contributed by atoms with Gasteiger partial charge in [0.1, 0.15) is 29.9 Å². The first-order chi connectivity index (χ1) is 26.0. The van der Waals surface area contributed by atoms with E-state index in [4.69, 9.17) is 34.3 Å². The first-order valence-electron chi connectivity index (χ1n) is 20.3. The van der Waals surface area contributed by atoms with Crippen LogP contribution in [0, 0.1) is 0 Å². The van der Waals surface area contributed by atoms with E-state index in [2.05, 4.69) is 62.4 Å². The molecule has 4 aromatic heterocycles. The van der Waals surface area contributed by atoms with E-state index >= 15 is 0 Å². The molecule has 298 valence electrons. The molecule has 11 nitrogen and oxygen atoms in total. The molecule has 2 saturated heterocycles. The molecule has 2 aliphatic heterocycles. The molecule has 4 aromatic rings. The van der Waals surface area contributed by atoms with Crippen molar-refractivity contribution in [2.75, 3.05) is 31.6 Å². The van der Waals surface area contributed by atoms with Crippen molar-refractivity contribution >= 4 is 45.0 Å². The molecule has 2 bridgehead atoms. The number of piperidine rings is 1. The third-order valence-corrected chi connectivity index (χ3v) is 15.5. The first kappa shape index (κ1) is 40.0. The lowest BCUT2D eigenvalue weighted by Crippen LogP contribution is -2.48. The molecule has 6 heterocycles. The summed E-state index contributed by atoms with van der Waals surface area (Å²) in [6, 6.07) is 8.82. The van der Waals surface area contributed by atoms with Gasteiger partial charge >= 0.3 is 6.09 Å². The van der Waals surface area contributed by atoms with E-state index in [1.807, 2.05) is 42.6 Å². The van der Waals surface area contributed by atoms with E-state index in [0.717, 1.165) is 89.6 Å². The number of pyridine rings is 1. The molecule has 2 fully saturated rings. The van der Waals surface area contributed by atoms with Crippen LogP contribution >= 0.6 is 11.3 Å². The number of ether oxygens (including phenoxy) is 3. The average Bonchev–Trinajstić information content (AvgIpc) is 3.88. The van der Waals surface area contributed by atoms with Gasteiger partial charge in [0.2, 0.25) is 0 Å². The molecule has 0 spiro atoms. The summed E-state index contributed by atoms with van der Waals surface area (Å²) in [6.45, 7) is 22.3. The maximum absolute atomic E-state index is 13.4. The summed E-state index contributed by atoms with van der Waals surface area (Å²) >= 11 is 1.77. The quantitative estimate of drug-likeness (QED) is 0.0700. The van der Waals surface area contributed by atoms with Gasteiger partial charge in [-0.2, -0.15) is 9.61 Å². The number of carbonyl (C=O) groups excluding carboxylic acids is 1. The highest BCUT2D eigenvalue weighted by molar-refractivity contribution is 7.15. The van der Waals surface area contributed by atoms with Crippen LogP contribution in [0.5, 0.6) is 0 Å². The third kappa shape index (κ3) is 9.69. The van der Waals surface area contributed by atoms with Gasteiger partial charge in [0.05, 0.1) is 17.6 Å². The second-order valence-electron chi connectivity index (χ2n) is 19.2. The molecular formula is C41H61N7O4SSi2. The van der Waals surface area contributed by atoms with E-state index in [1.54, 1.807) is 11.3 Å². The summed E-state index contributed by atoms with van der Waals surface area (Å²) in [5.74, 6) is 1.08. The molecule has 0 saturated carbocycles. The summed E-state index contributed by atoms with van der Waals surface area (Å²) in [6.07, 6.45) is 10.7. The van der Waals surface area contributed by atoms with Crippen molar-refractivity contribution in [2.24, 2.45) is 0 Å². The van der Waals surface area contributed by atoms with Crippen LogP contribution in [0.25, 0.3) is 27.5 Å². The van der Waals surface area contributed by atoms with Crippen LogP contribution in [0.1, 0.15) is 75.1 Å². The summed E-state index contributed by atoms with van der Waals surface area (Å²) in [5, 5.41) is 5.96. The fourth-order valence-electron chi connectivity index (χ4n) is 7.89. The second kappa shape index (κ2) is 16.0. The smallest absolute Gasteiger partial charge is 0.410 e. The highest BCUT2D eigenvalue weighted by Gasteiger charge is 2.45. The van der Waals surface area contributed by atoms with E-state index in [1.165, 1.54) is 17.0 Å². The van der Waals surface area contributed by atoms with Gasteiger partial charge in [0, 0.05) is 81.3 Å². The standard InChI is InChI=1S/C41H61N7O4SSi2/c1-41(2,3)52-40(49)47-30-14-15-31(47)22-29(21-30)35-23-37(46(26-50-17-19-54(4,5)6)27-51-18-20-55(7,8)9)48-38(44-35)32(25-43-48)28-13-16-34(42-24-28)39-45-33-11-10-12-36(33)53-39/h13,16,23-25,29-31H,10-12,14-15,17-22,26-27H2,1-9H3/t29?,30-,31?/m0/s1. The van der Waals surface area contributed by atoms with E-state index in [0.29, 0.717) is 26.7 Å². The molecular weight excluding hydrogens is 743 g/mol. The predicted octanol–water partition coefficient (Wildman–Crippen LogP) is 9.48. The van der Waals surface area contributed by atoms with Crippen molar-refractivity contribution in [1.82, 2.24) is 29.5 Å². The zero-order valence-electron chi connectivity index (χ0n) is 34.5. The van der Waals surface area contributed by atoms with Gasteiger partial charge in [-0.3, -0.25) is 4.98 Å². The summed E-state index contributed by atoms with van der Waals surface area (Å²) in [4.78, 5) is 34.2. The fraction of sp³-hybridized carbons (Fsp3) is 0.634. The van der Waals surface area contributed by atoms with Crippen LogP contribution in [0.2, 0.25) is 51.4 Å². The van der Waals surface area contributed by atoms with Crippen LogP contribution in [0.4, 0.5) is 10.6 Å². The van der Waals surface area contributed by atoms with Crippen molar-refractivity contribution in [3.05, 3.63) is 46.9 Å². The Kier molecular flexibility index (Phi) is 11.6. The van der Waals surface area contributed by atoms with E-state index in [9.17, 15) is 4.79 Å².